The van der Waals surface area contributed by atoms with Crippen LogP contribution in [0.4, 0.5) is 5.88 Å². The van der Waals surface area contributed by atoms with Crippen LogP contribution in [0.2, 0.25) is 0 Å². The van der Waals surface area contributed by atoms with E-state index in [1.807, 2.05) is 4.90 Å². The lowest BCUT2D eigenvalue weighted by atomic mass is 10.1. The van der Waals surface area contributed by atoms with E-state index in [0.29, 0.717) is 18.0 Å². The van der Waals surface area contributed by atoms with Gasteiger partial charge < -0.3 is 14.4 Å². The van der Waals surface area contributed by atoms with Gasteiger partial charge in [0.1, 0.15) is 0 Å². The molecule has 1 aromatic rings. The number of aliphatic hydroxyl groups excluding tert-OH is 1. The summed E-state index contributed by atoms with van der Waals surface area (Å²) < 4.78 is 5.29. The van der Waals surface area contributed by atoms with Gasteiger partial charge >= 0.3 is 0 Å². The van der Waals surface area contributed by atoms with Crippen LogP contribution in [0.3, 0.4) is 0 Å². The van der Waals surface area contributed by atoms with E-state index in [-0.39, 0.29) is 6.61 Å². The Balaban J connectivity index is 2.05. The first kappa shape index (κ1) is 9.27. The van der Waals surface area contributed by atoms with Gasteiger partial charge in [-0.3, -0.25) is 4.79 Å². The van der Waals surface area contributed by atoms with E-state index in [0.717, 1.165) is 25.4 Å². The second-order valence-electron chi connectivity index (χ2n) is 3.58. The standard InChI is InChI=1S/C10H13NO3/c12-6-8-3-4-11(5-8)10-2-1-9(7-13)14-10/h1-2,7-8,12H,3-6H2. The molecule has 4 heteroatoms. The molecule has 0 saturated carbocycles. The number of aliphatic hydroxyl groups is 1. The Hall–Kier alpha value is -1.29. The van der Waals surface area contributed by atoms with Crippen molar-refractivity contribution in [1.29, 1.82) is 0 Å². The monoisotopic (exact) mass is 195 g/mol. The van der Waals surface area contributed by atoms with Gasteiger partial charge in [0.05, 0.1) is 0 Å². The van der Waals surface area contributed by atoms with Crippen molar-refractivity contribution in [2.75, 3.05) is 24.6 Å². The molecule has 2 rings (SSSR count). The topological polar surface area (TPSA) is 53.7 Å². The van der Waals surface area contributed by atoms with Crippen LogP contribution in [-0.2, 0) is 0 Å². The Kier molecular flexibility index (Phi) is 2.54. The third kappa shape index (κ3) is 1.65. The zero-order valence-corrected chi connectivity index (χ0v) is 7.85. The molecule has 0 aromatic carbocycles. The predicted molar refractivity (Wildman–Crippen MR) is 51.5 cm³/mol. The second kappa shape index (κ2) is 3.84. The highest BCUT2D eigenvalue weighted by molar-refractivity contribution is 5.71. The van der Waals surface area contributed by atoms with Crippen LogP contribution >= 0.6 is 0 Å². The molecule has 1 fully saturated rings. The summed E-state index contributed by atoms with van der Waals surface area (Å²) in [4.78, 5) is 12.5. The smallest absolute Gasteiger partial charge is 0.196 e. The Bertz CT molecular complexity index is 321. The lowest BCUT2D eigenvalue weighted by molar-refractivity contribution is 0.110. The summed E-state index contributed by atoms with van der Waals surface area (Å²) in [5.41, 5.74) is 0. The average molecular weight is 195 g/mol. The number of carbonyl (C=O) groups excluding carboxylic acids is 1. The van der Waals surface area contributed by atoms with E-state index in [1.165, 1.54) is 0 Å². The molecule has 0 amide bonds. The summed E-state index contributed by atoms with van der Waals surface area (Å²) >= 11 is 0. The first-order valence-electron chi connectivity index (χ1n) is 4.74. The van der Waals surface area contributed by atoms with Crippen molar-refractivity contribution in [3.8, 4) is 0 Å². The number of anilines is 1. The van der Waals surface area contributed by atoms with Crippen molar-refractivity contribution in [3.05, 3.63) is 17.9 Å². The quantitative estimate of drug-likeness (QED) is 0.728. The molecule has 0 spiro atoms. The summed E-state index contributed by atoms with van der Waals surface area (Å²) in [6.07, 6.45) is 1.68. The van der Waals surface area contributed by atoms with E-state index >= 15 is 0 Å². The molecular weight excluding hydrogens is 182 g/mol. The summed E-state index contributed by atoms with van der Waals surface area (Å²) in [6, 6.07) is 3.46. The van der Waals surface area contributed by atoms with Gasteiger partial charge in [-0.2, -0.15) is 0 Å². The summed E-state index contributed by atoms with van der Waals surface area (Å²) in [5.74, 6) is 1.41. The van der Waals surface area contributed by atoms with Gasteiger partial charge in [-0.05, 0) is 12.5 Å². The van der Waals surface area contributed by atoms with Gasteiger partial charge in [0.25, 0.3) is 0 Å². The second-order valence-corrected chi connectivity index (χ2v) is 3.58. The summed E-state index contributed by atoms with van der Waals surface area (Å²) in [6.45, 7) is 1.91. The van der Waals surface area contributed by atoms with E-state index in [4.69, 9.17) is 9.52 Å². The van der Waals surface area contributed by atoms with Crippen LogP contribution in [0.5, 0.6) is 0 Å². The van der Waals surface area contributed by atoms with E-state index < -0.39 is 0 Å². The van der Waals surface area contributed by atoms with Crippen molar-refractivity contribution in [3.63, 3.8) is 0 Å². The molecule has 1 aliphatic rings. The van der Waals surface area contributed by atoms with Crippen LogP contribution in [0.1, 0.15) is 17.0 Å². The van der Waals surface area contributed by atoms with Crippen molar-refractivity contribution < 1.29 is 14.3 Å². The fourth-order valence-electron chi connectivity index (χ4n) is 1.76. The largest absolute Gasteiger partial charge is 0.438 e. The lowest BCUT2D eigenvalue weighted by Crippen LogP contribution is -2.19. The fourth-order valence-corrected chi connectivity index (χ4v) is 1.76. The molecule has 2 heterocycles. The Morgan fingerprint density at radius 1 is 1.64 bits per heavy atom. The maximum absolute atomic E-state index is 10.4. The molecule has 14 heavy (non-hydrogen) atoms. The van der Waals surface area contributed by atoms with E-state index in [2.05, 4.69) is 0 Å². The first-order chi connectivity index (χ1) is 6.83. The van der Waals surface area contributed by atoms with Crippen molar-refractivity contribution in [2.24, 2.45) is 5.92 Å². The van der Waals surface area contributed by atoms with Gasteiger partial charge in [-0.25, -0.2) is 0 Å². The SMILES string of the molecule is O=Cc1ccc(N2CCC(CO)C2)o1. The van der Waals surface area contributed by atoms with Gasteiger partial charge in [0.15, 0.2) is 17.9 Å². The normalized spacial score (nSPS) is 21.5. The van der Waals surface area contributed by atoms with Gasteiger partial charge in [0.2, 0.25) is 0 Å². The van der Waals surface area contributed by atoms with Crippen molar-refractivity contribution >= 4 is 12.2 Å². The molecule has 0 aliphatic carbocycles. The van der Waals surface area contributed by atoms with Gasteiger partial charge in [-0.1, -0.05) is 0 Å². The number of hydrogen-bond acceptors (Lipinski definition) is 4. The zero-order chi connectivity index (χ0) is 9.97. The minimum Gasteiger partial charge on any atom is -0.438 e. The van der Waals surface area contributed by atoms with Crippen LogP contribution in [0, 0.1) is 5.92 Å². The van der Waals surface area contributed by atoms with Crippen LogP contribution < -0.4 is 4.90 Å². The van der Waals surface area contributed by atoms with Crippen LogP contribution in [-0.4, -0.2) is 31.1 Å². The number of carbonyl (C=O) groups is 1. The van der Waals surface area contributed by atoms with Crippen LogP contribution in [0.15, 0.2) is 16.5 Å². The lowest BCUT2D eigenvalue weighted by Gasteiger charge is -2.13. The molecule has 1 aliphatic heterocycles. The molecule has 1 aromatic heterocycles. The zero-order valence-electron chi connectivity index (χ0n) is 7.85. The Morgan fingerprint density at radius 3 is 3.07 bits per heavy atom. The molecule has 1 atom stereocenters. The molecule has 1 saturated heterocycles. The number of rotatable bonds is 3. The van der Waals surface area contributed by atoms with Gasteiger partial charge in [0, 0.05) is 31.7 Å². The average Bonchev–Trinajstić information content (AvgIpc) is 2.86. The molecular formula is C10H13NO3. The highest BCUT2D eigenvalue weighted by atomic mass is 16.4. The first-order valence-corrected chi connectivity index (χ1v) is 4.74. The molecule has 4 nitrogen and oxygen atoms in total. The Labute approximate surface area is 82.1 Å². The van der Waals surface area contributed by atoms with E-state index in [9.17, 15) is 4.79 Å². The highest BCUT2D eigenvalue weighted by Crippen LogP contribution is 2.24. The highest BCUT2D eigenvalue weighted by Gasteiger charge is 2.23. The minimum atomic E-state index is 0.220. The molecule has 1 unspecified atom stereocenters. The maximum Gasteiger partial charge on any atom is 0.196 e. The molecule has 1 N–H and O–H groups in total. The van der Waals surface area contributed by atoms with Crippen LogP contribution in [0.25, 0.3) is 0 Å². The maximum atomic E-state index is 10.4. The van der Waals surface area contributed by atoms with Crippen molar-refractivity contribution in [2.45, 2.75) is 6.42 Å². The Morgan fingerprint density at radius 2 is 2.50 bits per heavy atom. The summed E-state index contributed by atoms with van der Waals surface area (Å²) in [5, 5.41) is 8.97. The van der Waals surface area contributed by atoms with E-state index in [1.54, 1.807) is 12.1 Å². The molecule has 0 bridgehead atoms. The fraction of sp³-hybridized carbons (Fsp3) is 0.500. The minimum absolute atomic E-state index is 0.220. The third-order valence-corrected chi connectivity index (χ3v) is 2.58. The van der Waals surface area contributed by atoms with Gasteiger partial charge in [-0.15, -0.1) is 0 Å². The molecule has 76 valence electrons. The number of nitrogens with zero attached hydrogens (tertiary/aromatic N) is 1. The summed E-state index contributed by atoms with van der Waals surface area (Å²) in [7, 11) is 0. The number of aldehydes is 1. The third-order valence-electron chi connectivity index (χ3n) is 2.58. The van der Waals surface area contributed by atoms with Crippen molar-refractivity contribution in [1.82, 2.24) is 0 Å². The number of hydrogen-bond donors (Lipinski definition) is 1. The molecule has 0 radical (unpaired) electrons. The number of furan rings is 1. The predicted octanol–water partition coefficient (Wildman–Crippen LogP) is 0.911.